The Hall–Kier alpha value is -2.48. The van der Waals surface area contributed by atoms with Gasteiger partial charge in [0.1, 0.15) is 17.4 Å². The SMILES string of the molecule is N=C(N)c1c(Br)cccc1Oc1ccc(F)cc1[N+](=O)[O-]. The number of nitrogen functional groups attached to an aromatic ring is 1. The zero-order chi connectivity index (χ0) is 15.6. The van der Waals surface area contributed by atoms with Crippen LogP contribution in [-0.2, 0) is 0 Å². The van der Waals surface area contributed by atoms with Crippen molar-refractivity contribution < 1.29 is 14.1 Å². The minimum absolute atomic E-state index is 0.137. The Morgan fingerprint density at radius 1 is 1.33 bits per heavy atom. The summed E-state index contributed by atoms with van der Waals surface area (Å²) in [6.45, 7) is 0. The molecular formula is C13H9BrFN3O3. The van der Waals surface area contributed by atoms with Crippen molar-refractivity contribution in [1.29, 1.82) is 5.41 Å². The van der Waals surface area contributed by atoms with E-state index in [1.807, 2.05) is 0 Å². The standard InChI is InChI=1S/C13H9BrFN3O3/c14-8-2-1-3-11(12(8)13(16)17)21-10-5-4-7(15)6-9(10)18(19)20/h1-6H,(H3,16,17). The lowest BCUT2D eigenvalue weighted by Gasteiger charge is -2.11. The van der Waals surface area contributed by atoms with Crippen LogP contribution >= 0.6 is 15.9 Å². The highest BCUT2D eigenvalue weighted by molar-refractivity contribution is 9.10. The number of nitrogens with one attached hydrogen (secondary N) is 1. The quantitative estimate of drug-likeness (QED) is 0.379. The number of amidine groups is 1. The maximum atomic E-state index is 13.1. The number of ether oxygens (including phenoxy) is 1. The minimum Gasteiger partial charge on any atom is -0.449 e. The van der Waals surface area contributed by atoms with Crippen molar-refractivity contribution in [2.24, 2.45) is 5.73 Å². The Morgan fingerprint density at radius 2 is 2.05 bits per heavy atom. The molecule has 0 fully saturated rings. The highest BCUT2D eigenvalue weighted by atomic mass is 79.9. The number of hydrogen-bond acceptors (Lipinski definition) is 4. The highest BCUT2D eigenvalue weighted by Gasteiger charge is 2.19. The zero-order valence-electron chi connectivity index (χ0n) is 10.5. The predicted octanol–water partition coefficient (Wildman–Crippen LogP) is 3.57. The monoisotopic (exact) mass is 353 g/mol. The second-order valence-corrected chi connectivity index (χ2v) is 4.85. The van der Waals surface area contributed by atoms with E-state index in [9.17, 15) is 14.5 Å². The van der Waals surface area contributed by atoms with Crippen LogP contribution in [0.4, 0.5) is 10.1 Å². The van der Waals surface area contributed by atoms with E-state index in [0.717, 1.165) is 18.2 Å². The molecule has 6 nitrogen and oxygen atoms in total. The van der Waals surface area contributed by atoms with Crippen LogP contribution in [0.2, 0.25) is 0 Å². The van der Waals surface area contributed by atoms with Gasteiger partial charge in [0.25, 0.3) is 0 Å². The van der Waals surface area contributed by atoms with E-state index in [2.05, 4.69) is 15.9 Å². The van der Waals surface area contributed by atoms with Crippen LogP contribution in [0, 0.1) is 21.3 Å². The van der Waals surface area contributed by atoms with Crippen molar-refractivity contribution in [3.05, 3.63) is 62.4 Å². The summed E-state index contributed by atoms with van der Waals surface area (Å²) in [7, 11) is 0. The third kappa shape index (κ3) is 3.16. The van der Waals surface area contributed by atoms with E-state index < -0.39 is 16.4 Å². The summed E-state index contributed by atoms with van der Waals surface area (Å²) in [6.07, 6.45) is 0. The average Bonchev–Trinajstić information content (AvgIpc) is 2.40. The predicted molar refractivity (Wildman–Crippen MR) is 78.3 cm³/mol. The number of benzene rings is 2. The Labute approximate surface area is 127 Å². The molecule has 0 atom stereocenters. The second-order valence-electron chi connectivity index (χ2n) is 4.00. The van der Waals surface area contributed by atoms with E-state index in [4.69, 9.17) is 15.9 Å². The van der Waals surface area contributed by atoms with Gasteiger partial charge in [-0.25, -0.2) is 4.39 Å². The summed E-state index contributed by atoms with van der Waals surface area (Å²) in [5.41, 5.74) is 5.22. The molecule has 2 aromatic carbocycles. The fourth-order valence-corrected chi connectivity index (χ4v) is 2.25. The van der Waals surface area contributed by atoms with Crippen LogP contribution < -0.4 is 10.5 Å². The summed E-state index contributed by atoms with van der Waals surface area (Å²) in [5, 5.41) is 18.5. The minimum atomic E-state index is -0.746. The fourth-order valence-electron chi connectivity index (χ4n) is 1.69. The lowest BCUT2D eigenvalue weighted by molar-refractivity contribution is -0.385. The summed E-state index contributed by atoms with van der Waals surface area (Å²) in [6, 6.07) is 7.76. The third-order valence-corrected chi connectivity index (χ3v) is 3.24. The van der Waals surface area contributed by atoms with E-state index in [0.29, 0.717) is 4.47 Å². The van der Waals surface area contributed by atoms with Gasteiger partial charge in [0.2, 0.25) is 5.75 Å². The Morgan fingerprint density at radius 3 is 2.67 bits per heavy atom. The van der Waals surface area contributed by atoms with Crippen molar-refractivity contribution in [2.75, 3.05) is 0 Å². The molecule has 2 rings (SSSR count). The summed E-state index contributed by atoms with van der Waals surface area (Å²) in [4.78, 5) is 10.2. The number of nitrogens with zero attached hydrogens (tertiary/aromatic N) is 1. The van der Waals surface area contributed by atoms with Crippen molar-refractivity contribution >= 4 is 27.5 Å². The Kier molecular flexibility index (Phi) is 4.18. The van der Waals surface area contributed by atoms with Gasteiger partial charge in [-0.3, -0.25) is 15.5 Å². The maximum Gasteiger partial charge on any atom is 0.314 e. The molecule has 0 amide bonds. The van der Waals surface area contributed by atoms with Gasteiger partial charge in [-0.2, -0.15) is 0 Å². The van der Waals surface area contributed by atoms with Gasteiger partial charge in [-0.15, -0.1) is 0 Å². The van der Waals surface area contributed by atoms with Gasteiger partial charge < -0.3 is 10.5 Å². The molecule has 0 aromatic heterocycles. The molecule has 0 saturated carbocycles. The zero-order valence-corrected chi connectivity index (χ0v) is 12.1. The molecule has 0 saturated heterocycles. The Bertz CT molecular complexity index is 737. The molecule has 0 unspecified atom stereocenters. The van der Waals surface area contributed by atoms with Gasteiger partial charge in [-0.1, -0.05) is 6.07 Å². The molecule has 8 heteroatoms. The topological polar surface area (TPSA) is 102 Å². The van der Waals surface area contributed by atoms with Gasteiger partial charge >= 0.3 is 5.69 Å². The number of nitrogens with two attached hydrogens (primary N) is 1. The molecule has 108 valence electrons. The summed E-state index contributed by atoms with van der Waals surface area (Å²) < 4.78 is 19.0. The van der Waals surface area contributed by atoms with Crippen LogP contribution in [0.25, 0.3) is 0 Å². The fraction of sp³-hybridized carbons (Fsp3) is 0. The normalized spacial score (nSPS) is 10.2. The number of hydrogen-bond donors (Lipinski definition) is 2. The van der Waals surface area contributed by atoms with Crippen molar-refractivity contribution in [3.63, 3.8) is 0 Å². The first-order chi connectivity index (χ1) is 9.90. The van der Waals surface area contributed by atoms with Crippen molar-refractivity contribution in [3.8, 4) is 11.5 Å². The number of nitro groups is 1. The molecular weight excluding hydrogens is 345 g/mol. The number of rotatable bonds is 4. The van der Waals surface area contributed by atoms with Gasteiger partial charge in [-0.05, 0) is 40.2 Å². The molecule has 0 aliphatic heterocycles. The molecule has 0 aliphatic carbocycles. The van der Waals surface area contributed by atoms with Crippen LogP contribution in [0.5, 0.6) is 11.5 Å². The molecule has 0 aliphatic rings. The van der Waals surface area contributed by atoms with Gasteiger partial charge in [0.15, 0.2) is 0 Å². The lowest BCUT2D eigenvalue weighted by Crippen LogP contribution is -2.13. The molecule has 2 aromatic rings. The Balaban J connectivity index is 2.51. The maximum absolute atomic E-state index is 13.1. The van der Waals surface area contributed by atoms with E-state index in [1.165, 1.54) is 6.07 Å². The first-order valence-corrected chi connectivity index (χ1v) is 6.44. The molecule has 0 radical (unpaired) electrons. The highest BCUT2D eigenvalue weighted by Crippen LogP contribution is 2.35. The summed E-state index contributed by atoms with van der Waals surface area (Å²) in [5.74, 6) is -0.981. The largest absolute Gasteiger partial charge is 0.449 e. The van der Waals surface area contributed by atoms with Crippen molar-refractivity contribution in [1.82, 2.24) is 0 Å². The number of nitro benzene ring substituents is 1. The van der Waals surface area contributed by atoms with Crippen LogP contribution in [0.15, 0.2) is 40.9 Å². The molecule has 0 spiro atoms. The van der Waals surface area contributed by atoms with E-state index >= 15 is 0 Å². The molecule has 21 heavy (non-hydrogen) atoms. The molecule has 0 bridgehead atoms. The first kappa shape index (κ1) is 14.9. The van der Waals surface area contributed by atoms with Gasteiger partial charge in [0, 0.05) is 4.47 Å². The van der Waals surface area contributed by atoms with Crippen molar-refractivity contribution in [2.45, 2.75) is 0 Å². The van der Waals surface area contributed by atoms with E-state index in [-0.39, 0.29) is 22.9 Å². The van der Waals surface area contributed by atoms with Crippen LogP contribution in [0.3, 0.4) is 0 Å². The molecule has 3 N–H and O–H groups in total. The first-order valence-electron chi connectivity index (χ1n) is 5.65. The van der Waals surface area contributed by atoms with Gasteiger partial charge in [0.05, 0.1) is 16.6 Å². The third-order valence-electron chi connectivity index (χ3n) is 2.58. The van der Waals surface area contributed by atoms with Crippen LogP contribution in [-0.4, -0.2) is 10.8 Å². The summed E-state index contributed by atoms with van der Waals surface area (Å²) >= 11 is 3.23. The second kappa shape index (κ2) is 5.88. The average molecular weight is 354 g/mol. The molecule has 0 heterocycles. The smallest absolute Gasteiger partial charge is 0.314 e. The lowest BCUT2D eigenvalue weighted by atomic mass is 10.2. The van der Waals surface area contributed by atoms with E-state index in [1.54, 1.807) is 12.1 Å². The number of halogens is 2. The van der Waals surface area contributed by atoms with Crippen LogP contribution in [0.1, 0.15) is 5.56 Å².